The van der Waals surface area contributed by atoms with Crippen LogP contribution >= 0.6 is 0 Å². The van der Waals surface area contributed by atoms with Crippen LogP contribution in [0, 0.1) is 0 Å². The topological polar surface area (TPSA) is 106 Å². The van der Waals surface area contributed by atoms with Crippen LogP contribution in [0.1, 0.15) is 36.6 Å². The van der Waals surface area contributed by atoms with Crippen molar-refractivity contribution >= 4 is 11.6 Å². The Hall–Kier alpha value is -3.00. The first kappa shape index (κ1) is 17.8. The number of aromatic nitrogens is 4. The highest BCUT2D eigenvalue weighted by Crippen LogP contribution is 2.18. The van der Waals surface area contributed by atoms with Crippen molar-refractivity contribution in [3.8, 4) is 5.69 Å². The average molecular weight is 355 g/mol. The van der Waals surface area contributed by atoms with Crippen LogP contribution in [0.25, 0.3) is 5.69 Å². The standard InChI is InChI=1S/C18H21N5O3/c1-3-16-15(17(4-2)26-21-16)9-18(25)19-12-5-7-14(8-6-12)23-10-13(11-24)20-22-23/h5-8,10,24H,3-4,9,11H2,1-2H3,(H,19,25). The monoisotopic (exact) mass is 355 g/mol. The van der Waals surface area contributed by atoms with Gasteiger partial charge in [-0.1, -0.05) is 24.2 Å². The number of carbonyl (C=O) groups excluding carboxylic acids is 1. The van der Waals surface area contributed by atoms with Gasteiger partial charge in [-0.3, -0.25) is 4.79 Å². The van der Waals surface area contributed by atoms with Gasteiger partial charge in [-0.2, -0.15) is 0 Å². The number of anilines is 1. The summed E-state index contributed by atoms with van der Waals surface area (Å²) in [7, 11) is 0. The van der Waals surface area contributed by atoms with Crippen molar-refractivity contribution in [3.05, 3.63) is 53.2 Å². The number of aliphatic hydroxyl groups is 1. The zero-order valence-corrected chi connectivity index (χ0v) is 14.8. The molecule has 0 saturated heterocycles. The molecular formula is C18H21N5O3. The molecule has 0 aliphatic heterocycles. The van der Waals surface area contributed by atoms with Crippen LogP contribution in [0.15, 0.2) is 35.0 Å². The lowest BCUT2D eigenvalue weighted by Gasteiger charge is -2.07. The number of carbonyl (C=O) groups is 1. The van der Waals surface area contributed by atoms with Crippen LogP contribution in [-0.4, -0.2) is 31.2 Å². The SMILES string of the molecule is CCc1noc(CC)c1CC(=O)Nc1ccc(-n2cc(CO)nn2)cc1. The average Bonchev–Trinajstić information content (AvgIpc) is 3.28. The molecule has 0 radical (unpaired) electrons. The van der Waals surface area contributed by atoms with Gasteiger partial charge in [-0.05, 0) is 30.7 Å². The molecule has 0 fully saturated rings. The molecule has 0 aliphatic carbocycles. The lowest BCUT2D eigenvalue weighted by Crippen LogP contribution is -2.15. The molecule has 1 aromatic carbocycles. The molecule has 0 atom stereocenters. The van der Waals surface area contributed by atoms with Crippen LogP contribution in [0.5, 0.6) is 0 Å². The minimum Gasteiger partial charge on any atom is -0.390 e. The summed E-state index contributed by atoms with van der Waals surface area (Å²) in [5.74, 6) is 0.645. The zero-order valence-electron chi connectivity index (χ0n) is 14.8. The maximum atomic E-state index is 12.4. The normalized spacial score (nSPS) is 10.9. The predicted molar refractivity (Wildman–Crippen MR) is 94.9 cm³/mol. The summed E-state index contributed by atoms with van der Waals surface area (Å²) < 4.78 is 6.86. The molecule has 8 nitrogen and oxygen atoms in total. The van der Waals surface area contributed by atoms with Crippen LogP contribution in [0.4, 0.5) is 5.69 Å². The molecule has 1 amide bonds. The largest absolute Gasteiger partial charge is 0.390 e. The van der Waals surface area contributed by atoms with Gasteiger partial charge in [0, 0.05) is 17.7 Å². The molecule has 2 N–H and O–H groups in total. The molecule has 2 aromatic heterocycles. The van der Waals surface area contributed by atoms with Gasteiger partial charge in [0.15, 0.2) is 0 Å². The van der Waals surface area contributed by atoms with Crippen molar-refractivity contribution in [2.75, 3.05) is 5.32 Å². The lowest BCUT2D eigenvalue weighted by molar-refractivity contribution is -0.115. The van der Waals surface area contributed by atoms with Crippen molar-refractivity contribution in [1.82, 2.24) is 20.2 Å². The van der Waals surface area contributed by atoms with Gasteiger partial charge in [0.25, 0.3) is 0 Å². The zero-order chi connectivity index (χ0) is 18.5. The second kappa shape index (κ2) is 7.92. The minimum absolute atomic E-state index is 0.117. The number of hydrogen-bond acceptors (Lipinski definition) is 6. The van der Waals surface area contributed by atoms with E-state index in [4.69, 9.17) is 9.63 Å². The van der Waals surface area contributed by atoms with Crippen LogP contribution in [-0.2, 0) is 30.7 Å². The van der Waals surface area contributed by atoms with Crippen molar-refractivity contribution < 1.29 is 14.4 Å². The third-order valence-corrected chi connectivity index (χ3v) is 4.06. The first-order chi connectivity index (χ1) is 12.6. The Labute approximate surface area is 150 Å². The van der Waals surface area contributed by atoms with Gasteiger partial charge in [-0.25, -0.2) is 4.68 Å². The maximum Gasteiger partial charge on any atom is 0.228 e. The number of benzene rings is 1. The van der Waals surface area contributed by atoms with E-state index >= 15 is 0 Å². The molecule has 2 heterocycles. The fourth-order valence-electron chi connectivity index (χ4n) is 2.70. The number of amides is 1. The summed E-state index contributed by atoms with van der Waals surface area (Å²) in [4.78, 5) is 12.4. The third-order valence-electron chi connectivity index (χ3n) is 4.06. The second-order valence-electron chi connectivity index (χ2n) is 5.82. The Kier molecular flexibility index (Phi) is 5.43. The summed E-state index contributed by atoms with van der Waals surface area (Å²) in [5.41, 5.74) is 3.68. The minimum atomic E-state index is -0.156. The van der Waals surface area contributed by atoms with Gasteiger partial charge >= 0.3 is 0 Å². The Balaban J connectivity index is 1.67. The maximum absolute atomic E-state index is 12.4. The Morgan fingerprint density at radius 1 is 1.23 bits per heavy atom. The van der Waals surface area contributed by atoms with Crippen LogP contribution < -0.4 is 5.32 Å². The lowest BCUT2D eigenvalue weighted by atomic mass is 10.1. The van der Waals surface area contributed by atoms with E-state index in [1.165, 1.54) is 0 Å². The van der Waals surface area contributed by atoms with E-state index in [2.05, 4.69) is 20.8 Å². The first-order valence-electron chi connectivity index (χ1n) is 8.53. The molecule has 0 unspecified atom stereocenters. The van der Waals surface area contributed by atoms with E-state index in [-0.39, 0.29) is 18.9 Å². The van der Waals surface area contributed by atoms with Crippen molar-refractivity contribution in [3.63, 3.8) is 0 Å². The third kappa shape index (κ3) is 3.80. The van der Waals surface area contributed by atoms with Gasteiger partial charge < -0.3 is 14.9 Å². The predicted octanol–water partition coefficient (Wildman–Crippen LogP) is 2.05. The summed E-state index contributed by atoms with van der Waals surface area (Å²) in [5, 5.41) is 23.7. The molecule has 136 valence electrons. The number of hydrogen-bond donors (Lipinski definition) is 2. The van der Waals surface area contributed by atoms with E-state index in [1.807, 2.05) is 26.0 Å². The van der Waals surface area contributed by atoms with Crippen LogP contribution in [0.3, 0.4) is 0 Å². The summed E-state index contributed by atoms with van der Waals surface area (Å²) in [6.07, 6.45) is 3.32. The summed E-state index contributed by atoms with van der Waals surface area (Å²) >= 11 is 0. The van der Waals surface area contributed by atoms with Gasteiger partial charge in [-0.15, -0.1) is 5.10 Å². The molecule has 3 rings (SSSR count). The highest BCUT2D eigenvalue weighted by Gasteiger charge is 2.16. The smallest absolute Gasteiger partial charge is 0.228 e. The molecule has 26 heavy (non-hydrogen) atoms. The Bertz CT molecular complexity index is 861. The molecule has 0 saturated carbocycles. The number of nitrogens with one attached hydrogen (secondary N) is 1. The number of rotatable bonds is 7. The van der Waals surface area contributed by atoms with Gasteiger partial charge in [0.05, 0.1) is 30.6 Å². The van der Waals surface area contributed by atoms with Crippen molar-refractivity contribution in [1.29, 1.82) is 0 Å². The highest BCUT2D eigenvalue weighted by atomic mass is 16.5. The van der Waals surface area contributed by atoms with E-state index in [9.17, 15) is 4.79 Å². The number of nitrogens with zero attached hydrogens (tertiary/aromatic N) is 4. The van der Waals surface area contributed by atoms with E-state index in [0.717, 1.165) is 29.1 Å². The van der Waals surface area contributed by atoms with Crippen molar-refractivity contribution in [2.45, 2.75) is 39.7 Å². The van der Waals surface area contributed by atoms with Crippen LogP contribution in [0.2, 0.25) is 0 Å². The number of aliphatic hydroxyl groups excluding tert-OH is 1. The van der Waals surface area contributed by atoms with Gasteiger partial charge in [0.2, 0.25) is 5.91 Å². The Morgan fingerprint density at radius 3 is 2.62 bits per heavy atom. The number of aryl methyl sites for hydroxylation is 2. The summed E-state index contributed by atoms with van der Waals surface area (Å²) in [6.45, 7) is 3.81. The second-order valence-corrected chi connectivity index (χ2v) is 5.82. The Morgan fingerprint density at radius 2 is 2.00 bits per heavy atom. The van der Waals surface area contributed by atoms with E-state index in [1.54, 1.807) is 23.0 Å². The molecule has 8 heteroatoms. The van der Waals surface area contributed by atoms with E-state index < -0.39 is 0 Å². The molecule has 0 spiro atoms. The van der Waals surface area contributed by atoms with Gasteiger partial charge in [0.1, 0.15) is 11.5 Å². The molecule has 3 aromatic rings. The fourth-order valence-corrected chi connectivity index (χ4v) is 2.70. The van der Waals surface area contributed by atoms with E-state index in [0.29, 0.717) is 17.8 Å². The fraction of sp³-hybridized carbons (Fsp3) is 0.333. The molecular weight excluding hydrogens is 334 g/mol. The molecule has 0 bridgehead atoms. The summed E-state index contributed by atoms with van der Waals surface area (Å²) in [6, 6.07) is 7.23. The quantitative estimate of drug-likeness (QED) is 0.672. The highest BCUT2D eigenvalue weighted by molar-refractivity contribution is 5.92. The van der Waals surface area contributed by atoms with Crippen molar-refractivity contribution in [2.24, 2.45) is 0 Å². The molecule has 0 aliphatic rings. The first-order valence-corrected chi connectivity index (χ1v) is 8.53.